The van der Waals surface area contributed by atoms with E-state index in [1.165, 1.54) is 19.2 Å². The predicted molar refractivity (Wildman–Crippen MR) is 120 cm³/mol. The summed E-state index contributed by atoms with van der Waals surface area (Å²) in [4.78, 5) is 23.5. The maximum absolute atomic E-state index is 12.6. The highest BCUT2D eigenvalue weighted by atomic mass is 16.6. The van der Waals surface area contributed by atoms with Crippen molar-refractivity contribution in [3.63, 3.8) is 0 Å². The zero-order chi connectivity index (χ0) is 22.9. The predicted octanol–water partition coefficient (Wildman–Crippen LogP) is 4.46. The fraction of sp³-hybridized carbons (Fsp3) is 0.125. The van der Waals surface area contributed by atoms with Gasteiger partial charge >= 0.3 is 11.9 Å². The molecule has 0 aliphatic heterocycles. The lowest BCUT2D eigenvalue weighted by Gasteiger charge is -2.12. The highest BCUT2D eigenvalue weighted by Gasteiger charge is 2.16. The molecule has 0 spiro atoms. The smallest absolute Gasteiger partial charge is 0.347 e. The second-order valence-corrected chi connectivity index (χ2v) is 6.48. The Morgan fingerprint density at radius 1 is 1.00 bits per heavy atom. The van der Waals surface area contributed by atoms with Crippen molar-refractivity contribution in [3.8, 4) is 17.2 Å². The molecule has 0 heterocycles. The van der Waals surface area contributed by atoms with E-state index in [1.54, 1.807) is 60.8 Å². The van der Waals surface area contributed by atoms with Crippen LogP contribution in [0.1, 0.15) is 33.2 Å². The number of rotatable bonds is 9. The number of carbonyl (C=O) groups excluding carboxylic acids is 1. The van der Waals surface area contributed by atoms with Crippen LogP contribution in [0.4, 0.5) is 5.69 Å². The van der Waals surface area contributed by atoms with E-state index in [2.05, 4.69) is 10.5 Å². The van der Waals surface area contributed by atoms with Crippen molar-refractivity contribution >= 4 is 23.8 Å². The third-order valence-corrected chi connectivity index (χ3v) is 4.34. The van der Waals surface area contributed by atoms with E-state index >= 15 is 0 Å². The van der Waals surface area contributed by atoms with E-state index in [4.69, 9.17) is 19.3 Å². The Kier molecular flexibility index (Phi) is 7.42. The van der Waals surface area contributed by atoms with Crippen LogP contribution in [0, 0.1) is 0 Å². The maximum Gasteiger partial charge on any atom is 0.347 e. The molecule has 8 nitrogen and oxygen atoms in total. The normalized spacial score (nSPS) is 10.6. The summed E-state index contributed by atoms with van der Waals surface area (Å²) in [6.45, 7) is 2.21. The Labute approximate surface area is 185 Å². The summed E-state index contributed by atoms with van der Waals surface area (Å²) in [6, 6.07) is 18.1. The van der Waals surface area contributed by atoms with Gasteiger partial charge in [-0.3, -0.25) is 5.43 Å². The summed E-state index contributed by atoms with van der Waals surface area (Å²) in [5.74, 6) is -0.462. The number of benzene rings is 3. The standard InChI is InChI=1S/C24H22N2O6/c1-3-31-22-14-16(15-25-26-18-11-9-17(10-12-18)23(27)28)8-13-21(22)32-24(29)19-6-4-5-7-20(19)30-2/h4-15,26H,3H2,1-2H3,(H,27,28)/b25-15+. The van der Waals surface area contributed by atoms with Crippen LogP contribution in [0.15, 0.2) is 71.8 Å². The Morgan fingerprint density at radius 3 is 2.44 bits per heavy atom. The third kappa shape index (κ3) is 5.63. The van der Waals surface area contributed by atoms with E-state index in [9.17, 15) is 9.59 Å². The number of anilines is 1. The van der Waals surface area contributed by atoms with Crippen molar-refractivity contribution in [2.45, 2.75) is 6.92 Å². The van der Waals surface area contributed by atoms with E-state index < -0.39 is 11.9 Å². The van der Waals surface area contributed by atoms with Gasteiger partial charge in [0.1, 0.15) is 11.3 Å². The monoisotopic (exact) mass is 434 g/mol. The lowest BCUT2D eigenvalue weighted by atomic mass is 10.2. The molecule has 164 valence electrons. The molecule has 0 saturated carbocycles. The molecule has 3 aromatic carbocycles. The molecule has 0 unspecified atom stereocenters. The van der Waals surface area contributed by atoms with Crippen LogP contribution >= 0.6 is 0 Å². The highest BCUT2D eigenvalue weighted by molar-refractivity contribution is 5.94. The van der Waals surface area contributed by atoms with E-state index in [-0.39, 0.29) is 11.3 Å². The number of ether oxygens (including phenoxy) is 3. The van der Waals surface area contributed by atoms with Gasteiger partial charge in [-0.05, 0) is 67.1 Å². The zero-order valence-electron chi connectivity index (χ0n) is 17.6. The molecule has 3 aromatic rings. The number of hydrogen-bond donors (Lipinski definition) is 2. The number of esters is 1. The van der Waals surface area contributed by atoms with Gasteiger partial charge in [-0.1, -0.05) is 12.1 Å². The van der Waals surface area contributed by atoms with Gasteiger partial charge in [0.15, 0.2) is 11.5 Å². The van der Waals surface area contributed by atoms with E-state index in [1.807, 2.05) is 6.92 Å². The number of carbonyl (C=O) groups is 2. The summed E-state index contributed by atoms with van der Waals surface area (Å²) in [5, 5.41) is 13.1. The second-order valence-electron chi connectivity index (χ2n) is 6.48. The topological polar surface area (TPSA) is 106 Å². The van der Waals surface area contributed by atoms with Gasteiger partial charge in [-0.25, -0.2) is 9.59 Å². The van der Waals surface area contributed by atoms with Gasteiger partial charge in [0, 0.05) is 0 Å². The Hall–Kier alpha value is -4.33. The summed E-state index contributed by atoms with van der Waals surface area (Å²) in [6.07, 6.45) is 1.57. The maximum atomic E-state index is 12.6. The van der Waals surface area contributed by atoms with Gasteiger partial charge in [0.05, 0.1) is 31.2 Å². The number of nitrogens with one attached hydrogen (secondary N) is 1. The molecule has 2 N–H and O–H groups in total. The number of methoxy groups -OCH3 is 1. The fourth-order valence-corrected chi connectivity index (χ4v) is 2.79. The van der Waals surface area contributed by atoms with Crippen molar-refractivity contribution in [3.05, 3.63) is 83.4 Å². The molecule has 0 radical (unpaired) electrons. The molecular weight excluding hydrogens is 412 g/mol. The van der Waals surface area contributed by atoms with Crippen molar-refractivity contribution in [2.75, 3.05) is 19.1 Å². The van der Waals surface area contributed by atoms with Crippen LogP contribution in [-0.2, 0) is 0 Å². The number of hydrogen-bond acceptors (Lipinski definition) is 7. The van der Waals surface area contributed by atoms with Crippen molar-refractivity contribution in [2.24, 2.45) is 5.10 Å². The average Bonchev–Trinajstić information content (AvgIpc) is 2.81. The van der Waals surface area contributed by atoms with E-state index in [0.29, 0.717) is 34.9 Å². The Bertz CT molecular complexity index is 1130. The summed E-state index contributed by atoms with van der Waals surface area (Å²) < 4.78 is 16.4. The number of nitrogens with zero attached hydrogens (tertiary/aromatic N) is 1. The zero-order valence-corrected chi connectivity index (χ0v) is 17.6. The molecule has 0 bridgehead atoms. The number of hydrazone groups is 1. The molecule has 0 atom stereocenters. The second kappa shape index (κ2) is 10.6. The fourth-order valence-electron chi connectivity index (χ4n) is 2.79. The molecule has 3 rings (SSSR count). The molecule has 32 heavy (non-hydrogen) atoms. The minimum atomic E-state index is -0.991. The molecule has 0 aliphatic carbocycles. The van der Waals surface area contributed by atoms with E-state index in [0.717, 1.165) is 0 Å². The summed E-state index contributed by atoms with van der Waals surface area (Å²) in [7, 11) is 1.49. The molecule has 0 fully saturated rings. The number of aromatic carboxylic acids is 1. The molecule has 8 heteroatoms. The minimum absolute atomic E-state index is 0.194. The first kappa shape index (κ1) is 22.4. The van der Waals surface area contributed by atoms with Crippen LogP contribution in [-0.4, -0.2) is 37.0 Å². The Morgan fingerprint density at radius 2 is 1.75 bits per heavy atom. The number of carboxylic acids is 1. The van der Waals surface area contributed by atoms with Gasteiger partial charge < -0.3 is 19.3 Å². The number of carboxylic acid groups (broad SMARTS) is 1. The largest absolute Gasteiger partial charge is 0.496 e. The molecule has 0 aliphatic rings. The summed E-state index contributed by atoms with van der Waals surface area (Å²) in [5.41, 5.74) is 4.67. The summed E-state index contributed by atoms with van der Waals surface area (Å²) >= 11 is 0. The SMILES string of the molecule is CCOc1cc(/C=N/Nc2ccc(C(=O)O)cc2)ccc1OC(=O)c1ccccc1OC. The average molecular weight is 434 g/mol. The van der Waals surface area contributed by atoms with Crippen molar-refractivity contribution in [1.29, 1.82) is 0 Å². The highest BCUT2D eigenvalue weighted by Crippen LogP contribution is 2.30. The van der Waals surface area contributed by atoms with Crippen molar-refractivity contribution in [1.82, 2.24) is 0 Å². The molecule has 0 saturated heterocycles. The lowest BCUT2D eigenvalue weighted by Crippen LogP contribution is -2.11. The van der Waals surface area contributed by atoms with Gasteiger partial charge in [-0.15, -0.1) is 0 Å². The van der Waals surface area contributed by atoms with Crippen LogP contribution < -0.4 is 19.6 Å². The van der Waals surface area contributed by atoms with Crippen LogP contribution in [0.3, 0.4) is 0 Å². The van der Waals surface area contributed by atoms with Crippen LogP contribution in [0.5, 0.6) is 17.2 Å². The third-order valence-electron chi connectivity index (χ3n) is 4.34. The van der Waals surface area contributed by atoms with Gasteiger partial charge in [-0.2, -0.15) is 5.10 Å². The first-order valence-electron chi connectivity index (χ1n) is 9.76. The number of para-hydroxylation sites is 1. The minimum Gasteiger partial charge on any atom is -0.496 e. The van der Waals surface area contributed by atoms with Crippen LogP contribution in [0.2, 0.25) is 0 Å². The van der Waals surface area contributed by atoms with Crippen LogP contribution in [0.25, 0.3) is 0 Å². The first-order chi connectivity index (χ1) is 15.5. The van der Waals surface area contributed by atoms with Gasteiger partial charge in [0.2, 0.25) is 0 Å². The Balaban J connectivity index is 1.73. The molecular formula is C24H22N2O6. The molecule has 0 amide bonds. The quantitative estimate of drug-likeness (QED) is 0.222. The van der Waals surface area contributed by atoms with Crippen molar-refractivity contribution < 1.29 is 28.9 Å². The van der Waals surface area contributed by atoms with Gasteiger partial charge in [0.25, 0.3) is 0 Å². The lowest BCUT2D eigenvalue weighted by molar-refractivity contribution is 0.0693. The molecule has 0 aromatic heterocycles. The first-order valence-corrected chi connectivity index (χ1v) is 9.76.